The highest BCUT2D eigenvalue weighted by molar-refractivity contribution is 5.90. The maximum atomic E-state index is 14.6. The van der Waals surface area contributed by atoms with Gasteiger partial charge in [-0.15, -0.1) is 0 Å². The van der Waals surface area contributed by atoms with Gasteiger partial charge in [-0.25, -0.2) is 4.39 Å². The lowest BCUT2D eigenvalue weighted by molar-refractivity contribution is -0.138. The van der Waals surface area contributed by atoms with Crippen LogP contribution in [-0.4, -0.2) is 42.6 Å². The molecular weight excluding hydrogens is 481 g/mol. The Morgan fingerprint density at radius 3 is 2.34 bits per heavy atom. The molecule has 3 atom stereocenters. The number of nitriles is 1. The van der Waals surface area contributed by atoms with Gasteiger partial charge in [-0.3, -0.25) is 9.59 Å². The highest BCUT2D eigenvalue weighted by Crippen LogP contribution is 2.28. The van der Waals surface area contributed by atoms with E-state index >= 15 is 0 Å². The molecule has 196 valence electrons. The van der Waals surface area contributed by atoms with Crippen LogP contribution in [-0.2, 0) is 16.0 Å². The summed E-state index contributed by atoms with van der Waals surface area (Å²) >= 11 is 0. The molecule has 0 radical (unpaired) electrons. The average Bonchev–Trinajstić information content (AvgIpc) is 3.34. The maximum Gasteiger partial charge on any atom is 0.243 e. The SMILES string of the molecule is COc1ccc(CC(=O)N2CC(F)CC2C(=O)NC(c2ccccc2)c2ccc(C(C)C)cc2)c(C#N)c1. The van der Waals surface area contributed by atoms with Crippen LogP contribution in [0.15, 0.2) is 72.8 Å². The molecule has 4 rings (SSSR count). The molecule has 1 N–H and O–H groups in total. The summed E-state index contributed by atoms with van der Waals surface area (Å²) in [5, 5.41) is 12.6. The van der Waals surface area contributed by atoms with Crippen LogP contribution in [0.2, 0.25) is 0 Å². The monoisotopic (exact) mass is 513 g/mol. The van der Waals surface area contributed by atoms with Crippen LogP contribution in [0.25, 0.3) is 0 Å². The lowest BCUT2D eigenvalue weighted by atomic mass is 9.95. The number of hydrogen-bond acceptors (Lipinski definition) is 4. The number of ether oxygens (including phenoxy) is 1. The van der Waals surface area contributed by atoms with Crippen LogP contribution in [0.5, 0.6) is 5.75 Å². The predicted molar refractivity (Wildman–Crippen MR) is 143 cm³/mol. The molecular formula is C31H32FN3O3. The number of halogens is 1. The molecule has 1 heterocycles. The van der Waals surface area contributed by atoms with Crippen molar-refractivity contribution < 1.29 is 18.7 Å². The molecule has 1 fully saturated rings. The minimum atomic E-state index is -1.30. The van der Waals surface area contributed by atoms with Gasteiger partial charge in [-0.2, -0.15) is 5.26 Å². The number of hydrogen-bond donors (Lipinski definition) is 1. The summed E-state index contributed by atoms with van der Waals surface area (Å²) in [6.07, 6.45) is -1.48. The summed E-state index contributed by atoms with van der Waals surface area (Å²) in [5.41, 5.74) is 3.80. The lowest BCUT2D eigenvalue weighted by Gasteiger charge is -2.27. The summed E-state index contributed by atoms with van der Waals surface area (Å²) < 4.78 is 19.7. The Kier molecular flexibility index (Phi) is 8.42. The zero-order valence-electron chi connectivity index (χ0n) is 21.9. The van der Waals surface area contributed by atoms with Crippen LogP contribution in [0, 0.1) is 11.3 Å². The fraction of sp³-hybridized carbons (Fsp3) is 0.323. The van der Waals surface area contributed by atoms with E-state index in [1.807, 2.05) is 54.6 Å². The number of benzene rings is 3. The standard InChI is InChI=1S/C31H32FN3O3/c1-20(2)21-9-11-23(12-10-21)30(22-7-5-4-6-8-22)34-31(37)28-17-26(32)19-35(28)29(36)16-24-13-14-27(38-3)15-25(24)18-33/h4-15,20,26,28,30H,16-17,19H2,1-3H3,(H,34,37). The van der Waals surface area contributed by atoms with Crippen LogP contribution in [0.1, 0.15) is 60.0 Å². The second kappa shape index (κ2) is 11.9. The van der Waals surface area contributed by atoms with Crippen molar-refractivity contribution in [3.8, 4) is 11.8 Å². The Hall–Kier alpha value is -4.18. The first-order valence-corrected chi connectivity index (χ1v) is 12.8. The minimum absolute atomic E-state index is 0.0703. The third kappa shape index (κ3) is 6.03. The number of rotatable bonds is 8. The van der Waals surface area contributed by atoms with E-state index in [-0.39, 0.29) is 19.4 Å². The first kappa shape index (κ1) is 26.9. The van der Waals surface area contributed by atoms with Crippen molar-refractivity contribution in [3.63, 3.8) is 0 Å². The smallest absolute Gasteiger partial charge is 0.243 e. The van der Waals surface area contributed by atoms with Gasteiger partial charge < -0.3 is 15.0 Å². The van der Waals surface area contributed by atoms with Crippen molar-refractivity contribution in [1.29, 1.82) is 5.26 Å². The predicted octanol–water partition coefficient (Wildman–Crippen LogP) is 5.08. The van der Waals surface area contributed by atoms with Crippen LogP contribution in [0.3, 0.4) is 0 Å². The van der Waals surface area contributed by atoms with Crippen molar-refractivity contribution in [2.75, 3.05) is 13.7 Å². The van der Waals surface area contributed by atoms with Gasteiger partial charge in [0.1, 0.15) is 18.0 Å². The first-order valence-electron chi connectivity index (χ1n) is 12.8. The molecule has 3 unspecified atom stereocenters. The Balaban J connectivity index is 1.56. The number of amides is 2. The molecule has 0 saturated carbocycles. The van der Waals surface area contributed by atoms with Crippen molar-refractivity contribution in [2.45, 2.75) is 50.9 Å². The molecule has 1 aliphatic heterocycles. The van der Waals surface area contributed by atoms with E-state index in [9.17, 15) is 19.2 Å². The van der Waals surface area contributed by atoms with E-state index < -0.39 is 30.1 Å². The number of likely N-dealkylation sites (tertiary alicyclic amines) is 1. The molecule has 2 amide bonds. The largest absolute Gasteiger partial charge is 0.497 e. The highest BCUT2D eigenvalue weighted by atomic mass is 19.1. The van der Waals surface area contributed by atoms with E-state index in [1.54, 1.807) is 18.2 Å². The molecule has 1 saturated heterocycles. The summed E-state index contributed by atoms with van der Waals surface area (Å²) in [7, 11) is 1.50. The topological polar surface area (TPSA) is 82.4 Å². The molecule has 0 aliphatic carbocycles. The van der Waals surface area contributed by atoms with Gasteiger partial charge >= 0.3 is 0 Å². The van der Waals surface area contributed by atoms with Gasteiger partial charge in [0.25, 0.3) is 0 Å². The van der Waals surface area contributed by atoms with Gasteiger partial charge in [0, 0.05) is 6.42 Å². The van der Waals surface area contributed by atoms with Gasteiger partial charge in [-0.05, 0) is 40.3 Å². The maximum absolute atomic E-state index is 14.6. The second-order valence-electron chi connectivity index (χ2n) is 9.88. The zero-order chi connectivity index (χ0) is 27.2. The van der Waals surface area contributed by atoms with Crippen LogP contribution >= 0.6 is 0 Å². The summed E-state index contributed by atoms with van der Waals surface area (Å²) in [6.45, 7) is 4.08. The van der Waals surface area contributed by atoms with E-state index in [0.29, 0.717) is 22.8 Å². The molecule has 38 heavy (non-hydrogen) atoms. The highest BCUT2D eigenvalue weighted by Gasteiger charge is 2.40. The number of alkyl halides is 1. The van der Waals surface area contributed by atoms with E-state index in [0.717, 1.165) is 11.1 Å². The second-order valence-corrected chi connectivity index (χ2v) is 9.88. The van der Waals surface area contributed by atoms with Crippen molar-refractivity contribution >= 4 is 11.8 Å². The number of methoxy groups -OCH3 is 1. The Morgan fingerprint density at radius 1 is 1.05 bits per heavy atom. The van der Waals surface area contributed by atoms with Crippen LogP contribution < -0.4 is 10.1 Å². The molecule has 6 nitrogen and oxygen atoms in total. The van der Waals surface area contributed by atoms with Crippen molar-refractivity contribution in [3.05, 3.63) is 101 Å². The van der Waals surface area contributed by atoms with E-state index in [4.69, 9.17) is 4.74 Å². The van der Waals surface area contributed by atoms with Crippen LogP contribution in [0.4, 0.5) is 4.39 Å². The molecule has 3 aromatic rings. The lowest BCUT2D eigenvalue weighted by Crippen LogP contribution is -2.47. The number of nitrogens with zero attached hydrogens (tertiary/aromatic N) is 2. The fourth-order valence-electron chi connectivity index (χ4n) is 4.83. The van der Waals surface area contributed by atoms with Gasteiger partial charge in [0.15, 0.2) is 0 Å². The molecule has 1 aliphatic rings. The number of carbonyl (C=O) groups excluding carboxylic acids is 2. The third-order valence-corrected chi connectivity index (χ3v) is 7.01. The average molecular weight is 514 g/mol. The fourth-order valence-corrected chi connectivity index (χ4v) is 4.83. The van der Waals surface area contributed by atoms with E-state index in [2.05, 4.69) is 25.2 Å². The number of carbonyl (C=O) groups is 2. The Morgan fingerprint density at radius 2 is 1.71 bits per heavy atom. The van der Waals surface area contributed by atoms with Gasteiger partial charge in [0.2, 0.25) is 11.8 Å². The van der Waals surface area contributed by atoms with Gasteiger partial charge in [-0.1, -0.05) is 74.5 Å². The first-order chi connectivity index (χ1) is 18.3. The quantitative estimate of drug-likeness (QED) is 0.456. The van der Waals surface area contributed by atoms with Gasteiger partial charge in [0.05, 0.1) is 37.7 Å². The summed E-state index contributed by atoms with van der Waals surface area (Å²) in [4.78, 5) is 28.1. The normalized spacial score (nSPS) is 17.6. The van der Waals surface area contributed by atoms with Crippen molar-refractivity contribution in [1.82, 2.24) is 10.2 Å². The molecule has 0 aromatic heterocycles. The summed E-state index contributed by atoms with van der Waals surface area (Å²) in [6, 6.07) is 23.2. The Bertz CT molecular complexity index is 1320. The molecule has 3 aromatic carbocycles. The molecule has 0 bridgehead atoms. The number of nitrogens with one attached hydrogen (secondary N) is 1. The molecule has 0 spiro atoms. The molecule has 7 heteroatoms. The zero-order valence-corrected chi connectivity index (χ0v) is 21.9. The summed E-state index contributed by atoms with van der Waals surface area (Å²) in [5.74, 6) is 0.0778. The third-order valence-electron chi connectivity index (χ3n) is 7.01. The van der Waals surface area contributed by atoms with Crippen molar-refractivity contribution in [2.24, 2.45) is 0 Å². The Labute approximate surface area is 223 Å². The minimum Gasteiger partial charge on any atom is -0.497 e. The van der Waals surface area contributed by atoms with E-state index in [1.165, 1.54) is 17.6 Å².